The number of aliphatic hydroxyl groups is 1. The molecule has 158 valence electrons. The molecule has 3 rings (SSSR count). The highest BCUT2D eigenvalue weighted by atomic mass is 32.2. The zero-order valence-electron chi connectivity index (χ0n) is 16.4. The molecule has 1 aromatic heterocycles. The zero-order valence-corrected chi connectivity index (χ0v) is 17.3. The van der Waals surface area contributed by atoms with Crippen LogP contribution in [0.2, 0.25) is 0 Å². The minimum atomic E-state index is -1.74. The van der Waals surface area contributed by atoms with E-state index in [1.165, 1.54) is 22.9 Å². The van der Waals surface area contributed by atoms with E-state index >= 15 is 0 Å². The van der Waals surface area contributed by atoms with E-state index in [-0.39, 0.29) is 40.6 Å². The molecule has 1 aliphatic heterocycles. The molecule has 1 aliphatic rings. The summed E-state index contributed by atoms with van der Waals surface area (Å²) in [5.74, 6) is -1.14. The van der Waals surface area contributed by atoms with Crippen LogP contribution in [0.25, 0.3) is 0 Å². The first-order chi connectivity index (χ1) is 14.2. The van der Waals surface area contributed by atoms with Crippen LogP contribution in [-0.2, 0) is 18.0 Å². The first kappa shape index (κ1) is 21.7. The number of aromatic nitrogens is 1. The lowest BCUT2D eigenvalue weighted by Gasteiger charge is -2.30. The van der Waals surface area contributed by atoms with Crippen molar-refractivity contribution in [2.24, 2.45) is 7.05 Å². The molecular weight excluding hydrogens is 411 g/mol. The Bertz CT molecular complexity index is 1070. The molecule has 3 unspecified atom stereocenters. The van der Waals surface area contributed by atoms with E-state index in [1.54, 1.807) is 26.1 Å². The molecule has 0 aliphatic carbocycles. The lowest BCUT2D eigenvalue weighted by Crippen LogP contribution is -2.51. The minimum Gasteiger partial charge on any atom is -0.488 e. The Labute approximate surface area is 175 Å². The number of halogens is 1. The van der Waals surface area contributed by atoms with Crippen molar-refractivity contribution < 1.29 is 23.2 Å². The monoisotopic (exact) mass is 432 g/mol. The number of aryl methyl sites for hydroxylation is 1. The standard InChI is InChI=1S/C20H21FN4O4S/c1-4-7-20(2,27)16-11-29-18-15(30(28)24-16)10-25(3)17(18)19(26)23-13-5-6-14(21)12(8-13)9-22/h4-6,8,10,16,24,27H,1,7,11H2,2-3H3,(H,23,26). The molecule has 2 heterocycles. The Balaban J connectivity index is 1.90. The largest absolute Gasteiger partial charge is 0.488 e. The summed E-state index contributed by atoms with van der Waals surface area (Å²) in [6.07, 6.45) is 3.31. The number of carbonyl (C=O) groups excluding carboxylic acids is 1. The maximum atomic E-state index is 13.5. The molecule has 1 amide bonds. The summed E-state index contributed by atoms with van der Waals surface area (Å²) < 4.78 is 36.4. The van der Waals surface area contributed by atoms with Gasteiger partial charge in [-0.15, -0.1) is 6.58 Å². The maximum absolute atomic E-state index is 13.5. The van der Waals surface area contributed by atoms with Gasteiger partial charge in [0.05, 0.1) is 17.2 Å². The predicted molar refractivity (Wildman–Crippen MR) is 109 cm³/mol. The Morgan fingerprint density at radius 2 is 2.37 bits per heavy atom. The summed E-state index contributed by atoms with van der Waals surface area (Å²) in [4.78, 5) is 13.1. The molecule has 3 N–H and O–H groups in total. The Kier molecular flexibility index (Phi) is 6.07. The van der Waals surface area contributed by atoms with Gasteiger partial charge in [-0.25, -0.2) is 13.3 Å². The third kappa shape index (κ3) is 4.14. The summed E-state index contributed by atoms with van der Waals surface area (Å²) in [6.45, 7) is 5.17. The Morgan fingerprint density at radius 1 is 1.63 bits per heavy atom. The molecule has 30 heavy (non-hydrogen) atoms. The van der Waals surface area contributed by atoms with Gasteiger partial charge in [0.1, 0.15) is 34.4 Å². The second-order valence-electron chi connectivity index (χ2n) is 7.14. The number of hydrogen-bond acceptors (Lipinski definition) is 5. The van der Waals surface area contributed by atoms with Crippen molar-refractivity contribution in [3.63, 3.8) is 0 Å². The van der Waals surface area contributed by atoms with Crippen molar-refractivity contribution in [1.82, 2.24) is 9.29 Å². The first-order valence-electron chi connectivity index (χ1n) is 9.02. The van der Waals surface area contributed by atoms with E-state index in [0.717, 1.165) is 6.07 Å². The normalized spacial score (nSPS) is 20.1. The van der Waals surface area contributed by atoms with Crippen LogP contribution >= 0.6 is 0 Å². The van der Waals surface area contributed by atoms with Crippen molar-refractivity contribution in [2.75, 3.05) is 11.9 Å². The lowest BCUT2D eigenvalue weighted by molar-refractivity contribution is 0.0147. The highest BCUT2D eigenvalue weighted by molar-refractivity contribution is 7.83. The number of anilines is 1. The predicted octanol–water partition coefficient (Wildman–Crippen LogP) is 1.99. The maximum Gasteiger partial charge on any atom is 0.276 e. The molecule has 0 bridgehead atoms. The van der Waals surface area contributed by atoms with Crippen LogP contribution in [0.5, 0.6) is 5.75 Å². The molecule has 0 radical (unpaired) electrons. The van der Waals surface area contributed by atoms with Gasteiger partial charge in [0, 0.05) is 18.9 Å². The molecular formula is C20H21FN4O4S. The summed E-state index contributed by atoms with van der Waals surface area (Å²) in [6, 6.07) is 4.68. The van der Waals surface area contributed by atoms with E-state index in [2.05, 4.69) is 16.6 Å². The number of ether oxygens (including phenoxy) is 1. The SMILES string of the molecule is C=CCC(C)(O)C1COc2c(cn(C)c2C(=O)Nc2ccc(F)c(C#N)c2)S(=O)N1. The Morgan fingerprint density at radius 3 is 3.03 bits per heavy atom. The van der Waals surface area contributed by atoms with Crippen LogP contribution in [0.15, 0.2) is 41.9 Å². The van der Waals surface area contributed by atoms with E-state index in [4.69, 9.17) is 10.00 Å². The van der Waals surface area contributed by atoms with Gasteiger partial charge in [0.25, 0.3) is 5.91 Å². The van der Waals surface area contributed by atoms with Gasteiger partial charge in [-0.2, -0.15) is 5.26 Å². The van der Waals surface area contributed by atoms with Gasteiger partial charge in [-0.1, -0.05) is 6.08 Å². The van der Waals surface area contributed by atoms with Gasteiger partial charge < -0.3 is 19.7 Å². The summed E-state index contributed by atoms with van der Waals surface area (Å²) in [7, 11) is -0.138. The number of nitrogens with one attached hydrogen (secondary N) is 2. The molecule has 10 heteroatoms. The molecule has 1 aromatic carbocycles. The van der Waals surface area contributed by atoms with Crippen molar-refractivity contribution in [3.8, 4) is 11.8 Å². The van der Waals surface area contributed by atoms with Crippen LogP contribution in [-0.4, -0.2) is 38.0 Å². The molecule has 8 nitrogen and oxygen atoms in total. The van der Waals surface area contributed by atoms with Crippen LogP contribution in [0.4, 0.5) is 10.1 Å². The number of rotatable bonds is 5. The van der Waals surface area contributed by atoms with Crippen molar-refractivity contribution in [1.29, 1.82) is 5.26 Å². The fourth-order valence-corrected chi connectivity index (χ4v) is 4.41. The molecule has 0 saturated carbocycles. The molecule has 0 spiro atoms. The van der Waals surface area contributed by atoms with E-state index in [9.17, 15) is 18.5 Å². The number of fused-ring (bicyclic) bond motifs is 1. The van der Waals surface area contributed by atoms with E-state index in [0.29, 0.717) is 0 Å². The lowest BCUT2D eigenvalue weighted by atomic mass is 9.94. The first-order valence-corrected chi connectivity index (χ1v) is 10.2. The molecule has 3 atom stereocenters. The smallest absolute Gasteiger partial charge is 0.276 e. The quantitative estimate of drug-likeness (QED) is 0.625. The number of nitriles is 1. The van der Waals surface area contributed by atoms with Crippen LogP contribution in [0.1, 0.15) is 29.4 Å². The topological polar surface area (TPSA) is 116 Å². The zero-order chi connectivity index (χ0) is 22.1. The summed E-state index contributed by atoms with van der Waals surface area (Å²) in [5.41, 5.74) is -1.13. The fraction of sp³-hybridized carbons (Fsp3) is 0.300. The van der Waals surface area contributed by atoms with Crippen LogP contribution in [0, 0.1) is 17.1 Å². The van der Waals surface area contributed by atoms with Gasteiger partial charge in [-0.3, -0.25) is 4.79 Å². The number of amides is 1. The fourth-order valence-electron chi connectivity index (χ4n) is 3.12. The Hall–Kier alpha value is -3.00. The highest BCUT2D eigenvalue weighted by Gasteiger charge is 2.37. The van der Waals surface area contributed by atoms with Gasteiger partial charge in [0.2, 0.25) is 0 Å². The number of hydrogen-bond donors (Lipinski definition) is 3. The highest BCUT2D eigenvalue weighted by Crippen LogP contribution is 2.33. The van der Waals surface area contributed by atoms with Crippen LogP contribution in [0.3, 0.4) is 0 Å². The second kappa shape index (κ2) is 8.39. The van der Waals surface area contributed by atoms with Gasteiger partial charge in [-0.05, 0) is 31.5 Å². The van der Waals surface area contributed by atoms with Crippen molar-refractivity contribution in [3.05, 3.63) is 54.1 Å². The molecule has 0 fully saturated rings. The minimum absolute atomic E-state index is 0.0288. The second-order valence-corrected chi connectivity index (χ2v) is 8.36. The summed E-state index contributed by atoms with van der Waals surface area (Å²) >= 11 is 0. The average Bonchev–Trinajstić information content (AvgIpc) is 2.93. The van der Waals surface area contributed by atoms with E-state index in [1.807, 2.05) is 0 Å². The van der Waals surface area contributed by atoms with Crippen LogP contribution < -0.4 is 14.8 Å². The average molecular weight is 432 g/mol. The number of benzene rings is 1. The van der Waals surface area contributed by atoms with Gasteiger partial charge in [0.15, 0.2) is 11.4 Å². The number of carbonyl (C=O) groups is 1. The third-order valence-electron chi connectivity index (χ3n) is 4.81. The number of nitrogens with zero attached hydrogens (tertiary/aromatic N) is 2. The van der Waals surface area contributed by atoms with Crippen molar-refractivity contribution in [2.45, 2.75) is 29.9 Å². The van der Waals surface area contributed by atoms with Gasteiger partial charge >= 0.3 is 0 Å². The summed E-state index contributed by atoms with van der Waals surface area (Å²) in [5, 5.41) is 22.2. The molecule has 0 saturated heterocycles. The third-order valence-corrected chi connectivity index (χ3v) is 6.00. The van der Waals surface area contributed by atoms with E-state index < -0.39 is 34.4 Å². The molecule has 2 aromatic rings. The van der Waals surface area contributed by atoms with Crippen molar-refractivity contribution >= 4 is 22.6 Å².